The van der Waals surface area contributed by atoms with E-state index in [-0.39, 0.29) is 5.76 Å². The fraction of sp³-hybridized carbons (Fsp3) is 0.357. The van der Waals surface area contributed by atoms with Crippen LogP contribution in [0.5, 0.6) is 0 Å². The van der Waals surface area contributed by atoms with Gasteiger partial charge in [0.25, 0.3) is 0 Å². The zero-order chi connectivity index (χ0) is 12.7. The number of aryl methyl sites for hydroxylation is 1. The number of carboxylic acid groups (broad SMARTS) is 1. The number of carbonyl (C=O) groups is 1. The number of carboxylic acids is 1. The second-order valence-electron chi connectivity index (χ2n) is 4.71. The molecule has 1 aromatic heterocycles. The summed E-state index contributed by atoms with van der Waals surface area (Å²) in [5.74, 6) is -0.951. The van der Waals surface area contributed by atoms with Crippen molar-refractivity contribution < 1.29 is 14.3 Å². The monoisotopic (exact) mass is 245 g/mol. The molecule has 1 aromatic carbocycles. The third kappa shape index (κ3) is 1.56. The van der Waals surface area contributed by atoms with Gasteiger partial charge in [-0.25, -0.2) is 4.79 Å². The Labute approximate surface area is 105 Å². The number of benzene rings is 1. The van der Waals surface area contributed by atoms with Gasteiger partial charge in [0.15, 0.2) is 0 Å². The summed E-state index contributed by atoms with van der Waals surface area (Å²) in [5, 5.41) is 10.1. The molecule has 1 aliphatic rings. The summed E-state index contributed by atoms with van der Waals surface area (Å²) in [6.45, 7) is 3.88. The molecular formula is C14H15NO3. The molecule has 0 bridgehead atoms. The Morgan fingerprint density at radius 2 is 2.06 bits per heavy atom. The van der Waals surface area contributed by atoms with Crippen LogP contribution in [0.15, 0.2) is 22.6 Å². The van der Waals surface area contributed by atoms with Crippen LogP contribution in [0.3, 0.4) is 0 Å². The van der Waals surface area contributed by atoms with Crippen molar-refractivity contribution in [2.75, 3.05) is 18.0 Å². The van der Waals surface area contributed by atoms with Gasteiger partial charge >= 0.3 is 5.97 Å². The number of hydrogen-bond donors (Lipinski definition) is 1. The van der Waals surface area contributed by atoms with Gasteiger partial charge in [0.05, 0.1) is 0 Å². The molecule has 0 atom stereocenters. The molecule has 0 amide bonds. The van der Waals surface area contributed by atoms with Gasteiger partial charge in [0, 0.05) is 29.7 Å². The van der Waals surface area contributed by atoms with Gasteiger partial charge in [-0.1, -0.05) is 6.07 Å². The maximum atomic E-state index is 11.1. The molecule has 4 nitrogen and oxygen atoms in total. The van der Waals surface area contributed by atoms with Crippen LogP contribution >= 0.6 is 0 Å². The zero-order valence-electron chi connectivity index (χ0n) is 10.3. The van der Waals surface area contributed by atoms with Crippen molar-refractivity contribution in [2.24, 2.45) is 0 Å². The number of hydrogen-bond acceptors (Lipinski definition) is 3. The van der Waals surface area contributed by atoms with Crippen molar-refractivity contribution in [2.45, 2.75) is 19.8 Å². The molecule has 0 saturated carbocycles. The minimum absolute atomic E-state index is 0.0525. The van der Waals surface area contributed by atoms with Crippen LogP contribution in [0.4, 0.5) is 5.69 Å². The lowest BCUT2D eigenvalue weighted by Crippen LogP contribution is -2.17. The Balaban J connectivity index is 2.23. The zero-order valence-corrected chi connectivity index (χ0v) is 10.3. The summed E-state index contributed by atoms with van der Waals surface area (Å²) in [5.41, 5.74) is 2.48. The summed E-state index contributed by atoms with van der Waals surface area (Å²) >= 11 is 0. The Morgan fingerprint density at radius 3 is 2.72 bits per heavy atom. The number of anilines is 1. The van der Waals surface area contributed by atoms with Gasteiger partial charge < -0.3 is 14.4 Å². The minimum atomic E-state index is -1.00. The minimum Gasteiger partial charge on any atom is -0.475 e. The van der Waals surface area contributed by atoms with Crippen molar-refractivity contribution in [3.05, 3.63) is 29.5 Å². The third-order valence-corrected chi connectivity index (χ3v) is 3.57. The summed E-state index contributed by atoms with van der Waals surface area (Å²) in [6, 6.07) is 5.79. The molecule has 0 unspecified atom stereocenters. The summed E-state index contributed by atoms with van der Waals surface area (Å²) in [4.78, 5) is 13.4. The summed E-state index contributed by atoms with van der Waals surface area (Å²) in [7, 11) is 0. The third-order valence-electron chi connectivity index (χ3n) is 3.57. The first kappa shape index (κ1) is 11.1. The maximum absolute atomic E-state index is 11.1. The van der Waals surface area contributed by atoms with Gasteiger partial charge in [0.2, 0.25) is 5.76 Å². The van der Waals surface area contributed by atoms with Crippen LogP contribution in [0.2, 0.25) is 0 Å². The van der Waals surface area contributed by atoms with E-state index >= 15 is 0 Å². The predicted molar refractivity (Wildman–Crippen MR) is 69.4 cm³/mol. The molecule has 1 saturated heterocycles. The Bertz CT molecular complexity index is 609. The molecule has 94 valence electrons. The van der Waals surface area contributed by atoms with Crippen LogP contribution in [0, 0.1) is 6.92 Å². The normalized spacial score (nSPS) is 15.5. The fourth-order valence-corrected chi connectivity index (χ4v) is 2.71. The molecule has 4 heteroatoms. The van der Waals surface area contributed by atoms with Crippen molar-refractivity contribution in [3.63, 3.8) is 0 Å². The molecule has 0 radical (unpaired) electrons. The molecule has 18 heavy (non-hydrogen) atoms. The maximum Gasteiger partial charge on any atom is 0.372 e. The average Bonchev–Trinajstić information content (AvgIpc) is 2.97. The van der Waals surface area contributed by atoms with E-state index in [1.807, 2.05) is 25.1 Å². The molecule has 0 spiro atoms. The molecule has 0 aliphatic carbocycles. The molecular weight excluding hydrogens is 230 g/mol. The number of rotatable bonds is 2. The average molecular weight is 245 g/mol. The molecule has 1 fully saturated rings. The second kappa shape index (κ2) is 4.05. The van der Waals surface area contributed by atoms with Gasteiger partial charge in [-0.05, 0) is 31.9 Å². The quantitative estimate of drug-likeness (QED) is 0.883. The number of nitrogens with zero attached hydrogens (tertiary/aromatic N) is 1. The van der Waals surface area contributed by atoms with E-state index in [4.69, 9.17) is 9.52 Å². The molecule has 1 aliphatic heterocycles. The van der Waals surface area contributed by atoms with E-state index in [9.17, 15) is 4.79 Å². The van der Waals surface area contributed by atoms with Gasteiger partial charge in [-0.15, -0.1) is 0 Å². The first-order valence-electron chi connectivity index (χ1n) is 6.19. The van der Waals surface area contributed by atoms with Crippen LogP contribution in [-0.4, -0.2) is 24.2 Å². The fourth-order valence-electron chi connectivity index (χ4n) is 2.71. The Kier molecular flexibility index (Phi) is 2.51. The van der Waals surface area contributed by atoms with Crippen LogP contribution in [0.1, 0.15) is 29.0 Å². The number of aromatic carboxylic acids is 1. The van der Waals surface area contributed by atoms with E-state index in [0.29, 0.717) is 5.58 Å². The predicted octanol–water partition coefficient (Wildman–Crippen LogP) is 3.04. The van der Waals surface area contributed by atoms with Crippen LogP contribution in [-0.2, 0) is 0 Å². The molecule has 2 aromatic rings. The van der Waals surface area contributed by atoms with Gasteiger partial charge in [-0.2, -0.15) is 0 Å². The highest BCUT2D eigenvalue weighted by Crippen LogP contribution is 2.35. The Morgan fingerprint density at radius 1 is 1.33 bits per heavy atom. The van der Waals surface area contributed by atoms with Gasteiger partial charge in [-0.3, -0.25) is 0 Å². The van der Waals surface area contributed by atoms with Crippen molar-refractivity contribution >= 4 is 22.6 Å². The first-order chi connectivity index (χ1) is 8.68. The smallest absolute Gasteiger partial charge is 0.372 e. The SMILES string of the molecule is Cc1c(C(=O)O)oc2cccc(N3CCCC3)c12. The lowest BCUT2D eigenvalue weighted by molar-refractivity contribution is 0.0664. The van der Waals surface area contributed by atoms with Crippen molar-refractivity contribution in [1.82, 2.24) is 0 Å². The van der Waals surface area contributed by atoms with E-state index < -0.39 is 5.97 Å². The van der Waals surface area contributed by atoms with Crippen LogP contribution < -0.4 is 4.90 Å². The van der Waals surface area contributed by atoms with Crippen molar-refractivity contribution in [3.8, 4) is 0 Å². The molecule has 1 N–H and O–H groups in total. The standard InChI is InChI=1S/C14H15NO3/c1-9-12-10(15-7-2-3-8-15)5-4-6-11(12)18-13(9)14(16)17/h4-6H,2-3,7-8H2,1H3,(H,16,17). The number of fused-ring (bicyclic) bond motifs is 1. The highest BCUT2D eigenvalue weighted by atomic mass is 16.4. The Hall–Kier alpha value is -1.97. The summed E-state index contributed by atoms with van der Waals surface area (Å²) < 4.78 is 5.43. The summed E-state index contributed by atoms with van der Waals surface area (Å²) in [6.07, 6.45) is 2.39. The highest BCUT2D eigenvalue weighted by Gasteiger charge is 2.22. The molecule has 2 heterocycles. The lowest BCUT2D eigenvalue weighted by atomic mass is 10.1. The van der Waals surface area contributed by atoms with E-state index in [1.54, 1.807) is 0 Å². The number of furan rings is 1. The van der Waals surface area contributed by atoms with E-state index in [0.717, 1.165) is 29.7 Å². The first-order valence-corrected chi connectivity index (χ1v) is 6.19. The van der Waals surface area contributed by atoms with E-state index in [1.165, 1.54) is 12.8 Å². The molecule has 3 rings (SSSR count). The highest BCUT2D eigenvalue weighted by molar-refractivity contribution is 6.00. The second-order valence-corrected chi connectivity index (χ2v) is 4.71. The van der Waals surface area contributed by atoms with Crippen LogP contribution in [0.25, 0.3) is 11.0 Å². The largest absolute Gasteiger partial charge is 0.475 e. The van der Waals surface area contributed by atoms with Gasteiger partial charge in [0.1, 0.15) is 5.58 Å². The topological polar surface area (TPSA) is 53.7 Å². The lowest BCUT2D eigenvalue weighted by Gasteiger charge is -2.18. The van der Waals surface area contributed by atoms with E-state index in [2.05, 4.69) is 4.90 Å². The van der Waals surface area contributed by atoms with Crippen molar-refractivity contribution in [1.29, 1.82) is 0 Å².